The minimum atomic E-state index is 0.719. The third-order valence-corrected chi connectivity index (χ3v) is 5.34. The number of aldehydes is 1. The predicted molar refractivity (Wildman–Crippen MR) is 84.8 cm³/mol. The van der Waals surface area contributed by atoms with Gasteiger partial charge in [-0.3, -0.25) is 0 Å². The highest BCUT2D eigenvalue weighted by atomic mass is 16.5. The van der Waals surface area contributed by atoms with Crippen molar-refractivity contribution >= 4 is 6.29 Å². The molecule has 2 fully saturated rings. The van der Waals surface area contributed by atoms with E-state index in [1.165, 1.54) is 51.4 Å². The quantitative estimate of drug-likeness (QED) is 0.688. The molecular formula is C18H34O2. The average molecular weight is 282 g/mol. The van der Waals surface area contributed by atoms with Gasteiger partial charge in [0, 0.05) is 20.1 Å². The molecule has 0 spiro atoms. The molecule has 0 bridgehead atoms. The van der Waals surface area contributed by atoms with Crippen molar-refractivity contribution in [2.75, 3.05) is 13.7 Å². The molecule has 0 heterocycles. The van der Waals surface area contributed by atoms with Crippen LogP contribution >= 0.6 is 0 Å². The topological polar surface area (TPSA) is 26.3 Å². The second-order valence-corrected chi connectivity index (χ2v) is 6.78. The van der Waals surface area contributed by atoms with Gasteiger partial charge < -0.3 is 9.53 Å². The van der Waals surface area contributed by atoms with Gasteiger partial charge in [0.15, 0.2) is 0 Å². The van der Waals surface area contributed by atoms with Crippen LogP contribution in [0.25, 0.3) is 0 Å². The summed E-state index contributed by atoms with van der Waals surface area (Å²) in [6.45, 7) is 5.18. The highest BCUT2D eigenvalue weighted by molar-refractivity contribution is 5.49. The molecule has 2 aliphatic carbocycles. The van der Waals surface area contributed by atoms with Crippen LogP contribution < -0.4 is 0 Å². The van der Waals surface area contributed by atoms with Crippen LogP contribution in [0.5, 0.6) is 0 Å². The Kier molecular flexibility index (Phi) is 9.17. The van der Waals surface area contributed by atoms with Crippen molar-refractivity contribution in [1.82, 2.24) is 0 Å². The minimum Gasteiger partial charge on any atom is -0.385 e. The summed E-state index contributed by atoms with van der Waals surface area (Å²) in [6.07, 6.45) is 13.2. The van der Waals surface area contributed by atoms with Crippen molar-refractivity contribution in [2.45, 2.75) is 71.6 Å². The first kappa shape index (κ1) is 17.7. The molecule has 2 nitrogen and oxygen atoms in total. The fourth-order valence-electron chi connectivity index (χ4n) is 3.79. The third kappa shape index (κ3) is 6.39. The van der Waals surface area contributed by atoms with E-state index >= 15 is 0 Å². The maximum Gasteiger partial charge on any atom is 0.120 e. The Labute approximate surface area is 125 Å². The van der Waals surface area contributed by atoms with Gasteiger partial charge in [0.1, 0.15) is 6.29 Å². The van der Waals surface area contributed by atoms with Gasteiger partial charge in [-0.05, 0) is 69.1 Å². The summed E-state index contributed by atoms with van der Waals surface area (Å²) in [5.41, 5.74) is 0. The molecule has 0 saturated heterocycles. The molecule has 0 radical (unpaired) electrons. The number of carbonyl (C=O) groups is 1. The van der Waals surface area contributed by atoms with Crippen molar-refractivity contribution in [3.05, 3.63) is 0 Å². The van der Waals surface area contributed by atoms with Gasteiger partial charge >= 0.3 is 0 Å². The molecule has 0 amide bonds. The lowest BCUT2D eigenvalue weighted by atomic mass is 9.69. The van der Waals surface area contributed by atoms with Crippen LogP contribution in [-0.4, -0.2) is 20.0 Å². The molecule has 0 aliphatic heterocycles. The van der Waals surface area contributed by atoms with Gasteiger partial charge in [-0.25, -0.2) is 0 Å². The second kappa shape index (κ2) is 10.4. The highest BCUT2D eigenvalue weighted by Gasteiger charge is 2.29. The summed E-state index contributed by atoms with van der Waals surface area (Å²) in [5.74, 6) is 3.71. The zero-order valence-electron chi connectivity index (χ0n) is 13.8. The molecule has 0 aromatic heterocycles. The van der Waals surface area contributed by atoms with Crippen LogP contribution in [0, 0.1) is 23.7 Å². The normalized spacial score (nSPS) is 34.0. The number of hydrogen-bond donors (Lipinski definition) is 0. The maximum atomic E-state index is 10.5. The Hall–Kier alpha value is -0.370. The Bertz CT molecular complexity index is 234. The molecule has 0 unspecified atom stereocenters. The van der Waals surface area contributed by atoms with E-state index in [0.29, 0.717) is 0 Å². The molecule has 2 heteroatoms. The lowest BCUT2D eigenvalue weighted by Crippen LogP contribution is -2.25. The van der Waals surface area contributed by atoms with Crippen LogP contribution in [0.3, 0.4) is 0 Å². The van der Waals surface area contributed by atoms with E-state index < -0.39 is 0 Å². The van der Waals surface area contributed by atoms with E-state index in [2.05, 4.69) is 11.7 Å². The van der Waals surface area contributed by atoms with Gasteiger partial charge in [0.2, 0.25) is 0 Å². The molecule has 2 rings (SSSR count). The molecule has 2 saturated carbocycles. The largest absolute Gasteiger partial charge is 0.385 e. The van der Waals surface area contributed by atoms with E-state index in [-0.39, 0.29) is 0 Å². The van der Waals surface area contributed by atoms with Crippen molar-refractivity contribution in [3.8, 4) is 0 Å². The standard InChI is InChI=1S/C15H26O.C3H8O/c1-12-2-6-14(7-3-12)15-8-4-13(5-9-15)10-11-16;1-3-4-2/h11-15H,2-10H2,1H3;3H2,1-2H3. The van der Waals surface area contributed by atoms with E-state index in [9.17, 15) is 4.79 Å². The van der Waals surface area contributed by atoms with Crippen LogP contribution in [0.4, 0.5) is 0 Å². The zero-order valence-corrected chi connectivity index (χ0v) is 13.8. The third-order valence-electron chi connectivity index (χ3n) is 5.34. The van der Waals surface area contributed by atoms with Crippen molar-refractivity contribution in [1.29, 1.82) is 0 Å². The second-order valence-electron chi connectivity index (χ2n) is 6.78. The molecule has 0 N–H and O–H groups in total. The monoisotopic (exact) mass is 282 g/mol. The van der Waals surface area contributed by atoms with Crippen LogP contribution in [0.2, 0.25) is 0 Å². The first-order valence-corrected chi connectivity index (χ1v) is 8.63. The van der Waals surface area contributed by atoms with E-state index in [1.54, 1.807) is 7.11 Å². The van der Waals surface area contributed by atoms with E-state index in [1.807, 2.05) is 6.92 Å². The summed E-state index contributed by atoms with van der Waals surface area (Å²) in [7, 11) is 1.68. The minimum absolute atomic E-state index is 0.719. The Morgan fingerprint density at radius 1 is 0.950 bits per heavy atom. The zero-order chi connectivity index (χ0) is 14.8. The van der Waals surface area contributed by atoms with Crippen LogP contribution in [-0.2, 0) is 9.53 Å². The SMILES string of the molecule is CC1CCC(C2CCC(CC=O)CC2)CC1.CCOC. The van der Waals surface area contributed by atoms with Gasteiger partial charge in [-0.2, -0.15) is 0 Å². The van der Waals surface area contributed by atoms with Gasteiger partial charge in [-0.15, -0.1) is 0 Å². The Balaban J connectivity index is 0.000000444. The summed E-state index contributed by atoms with van der Waals surface area (Å²) in [4.78, 5) is 10.5. The lowest BCUT2D eigenvalue weighted by Gasteiger charge is -2.37. The fraction of sp³-hybridized carbons (Fsp3) is 0.944. The number of rotatable bonds is 4. The predicted octanol–water partition coefficient (Wildman–Crippen LogP) is 4.86. The molecule has 0 aromatic rings. The average Bonchev–Trinajstić information content (AvgIpc) is 2.50. The molecule has 118 valence electrons. The smallest absolute Gasteiger partial charge is 0.120 e. The first-order valence-electron chi connectivity index (χ1n) is 8.63. The summed E-state index contributed by atoms with van der Waals surface area (Å²) < 4.78 is 4.54. The number of ether oxygens (including phenoxy) is 1. The molecule has 2 aliphatic rings. The molecule has 0 aromatic carbocycles. The van der Waals surface area contributed by atoms with Crippen molar-refractivity contribution in [2.24, 2.45) is 23.7 Å². The van der Waals surface area contributed by atoms with Gasteiger partial charge in [-0.1, -0.05) is 19.8 Å². The van der Waals surface area contributed by atoms with Gasteiger partial charge in [0.25, 0.3) is 0 Å². The number of hydrogen-bond acceptors (Lipinski definition) is 2. The summed E-state index contributed by atoms with van der Waals surface area (Å²) >= 11 is 0. The summed E-state index contributed by atoms with van der Waals surface area (Å²) in [5, 5.41) is 0. The Morgan fingerprint density at radius 3 is 1.80 bits per heavy atom. The van der Waals surface area contributed by atoms with Crippen molar-refractivity contribution in [3.63, 3.8) is 0 Å². The van der Waals surface area contributed by atoms with Crippen LogP contribution in [0.15, 0.2) is 0 Å². The van der Waals surface area contributed by atoms with Crippen molar-refractivity contribution < 1.29 is 9.53 Å². The fourth-order valence-corrected chi connectivity index (χ4v) is 3.79. The van der Waals surface area contributed by atoms with Gasteiger partial charge in [0.05, 0.1) is 0 Å². The molecule has 20 heavy (non-hydrogen) atoms. The molecule has 0 atom stereocenters. The number of carbonyl (C=O) groups excluding carboxylic acids is 1. The van der Waals surface area contributed by atoms with E-state index in [0.717, 1.165) is 43.0 Å². The summed E-state index contributed by atoms with van der Waals surface area (Å²) in [6, 6.07) is 0. The number of methoxy groups -OCH3 is 1. The lowest BCUT2D eigenvalue weighted by molar-refractivity contribution is -0.108. The van der Waals surface area contributed by atoms with Crippen LogP contribution in [0.1, 0.15) is 71.6 Å². The first-order chi connectivity index (χ1) is 9.71. The Morgan fingerprint density at radius 2 is 1.40 bits per heavy atom. The molecular weight excluding hydrogens is 248 g/mol. The van der Waals surface area contributed by atoms with E-state index in [4.69, 9.17) is 0 Å². The highest BCUT2D eigenvalue weighted by Crippen LogP contribution is 2.41. The maximum absolute atomic E-state index is 10.5.